The molecule has 13 heavy (non-hydrogen) atoms. The van der Waals surface area contributed by atoms with Gasteiger partial charge in [0.05, 0.1) is 12.0 Å². The van der Waals surface area contributed by atoms with Gasteiger partial charge in [0.2, 0.25) is 0 Å². The third-order valence-electron chi connectivity index (χ3n) is 1.69. The van der Waals surface area contributed by atoms with E-state index in [1.54, 1.807) is 12.1 Å². The molecule has 1 aromatic carbocycles. The van der Waals surface area contributed by atoms with E-state index in [1.807, 2.05) is 19.1 Å². The van der Waals surface area contributed by atoms with E-state index >= 15 is 0 Å². The molecule has 0 aromatic heterocycles. The Balaban J connectivity index is 0.00000144. The van der Waals surface area contributed by atoms with Gasteiger partial charge in [0.25, 0.3) is 0 Å². The normalized spacial score (nSPS) is 11.5. The van der Waals surface area contributed by atoms with Gasteiger partial charge in [-0.25, -0.2) is 0 Å². The van der Waals surface area contributed by atoms with Crippen molar-refractivity contribution in [2.75, 3.05) is 0 Å². The molecule has 0 heterocycles. The van der Waals surface area contributed by atoms with E-state index < -0.39 is 12.0 Å². The van der Waals surface area contributed by atoms with Crippen LogP contribution in [0.5, 0.6) is 0 Å². The average molecular weight is 187 g/mol. The first-order valence-electron chi connectivity index (χ1n) is 3.64. The van der Waals surface area contributed by atoms with Crippen LogP contribution in [0.4, 0.5) is 0 Å². The molecule has 1 rings (SSSR count). The molecule has 0 bridgehead atoms. The van der Waals surface area contributed by atoms with Crippen LogP contribution in [0.25, 0.3) is 0 Å². The Morgan fingerprint density at radius 1 is 1.38 bits per heavy atom. The minimum absolute atomic E-state index is 0. The Morgan fingerprint density at radius 3 is 2.23 bits per heavy atom. The molecule has 0 aliphatic rings. The van der Waals surface area contributed by atoms with Crippen LogP contribution in [0.15, 0.2) is 24.3 Å². The molecular formula is C9H10NNaO2. The summed E-state index contributed by atoms with van der Waals surface area (Å²) >= 11 is 0. The van der Waals surface area contributed by atoms with Gasteiger partial charge in [0, 0.05) is 0 Å². The van der Waals surface area contributed by atoms with E-state index in [1.165, 1.54) is 0 Å². The van der Waals surface area contributed by atoms with E-state index in [4.69, 9.17) is 5.73 Å². The number of carbonyl (C=O) groups excluding carboxylic acids is 1. The Morgan fingerprint density at radius 2 is 1.85 bits per heavy atom. The number of aliphatic carboxylic acids is 1. The van der Waals surface area contributed by atoms with E-state index in [-0.39, 0.29) is 29.6 Å². The fourth-order valence-corrected chi connectivity index (χ4v) is 0.910. The van der Waals surface area contributed by atoms with Gasteiger partial charge in [0.15, 0.2) is 0 Å². The predicted molar refractivity (Wildman–Crippen MR) is 43.1 cm³/mol. The average Bonchev–Trinajstić information content (AvgIpc) is 2.04. The molecule has 0 spiro atoms. The molecule has 0 radical (unpaired) electrons. The number of carboxylic acids is 1. The third-order valence-corrected chi connectivity index (χ3v) is 1.69. The molecule has 0 fully saturated rings. The van der Waals surface area contributed by atoms with E-state index in [9.17, 15) is 9.90 Å². The Labute approximate surface area is 99.2 Å². The number of hydrogen-bond acceptors (Lipinski definition) is 3. The maximum Gasteiger partial charge on any atom is 1.00 e. The standard InChI is InChI=1S/C9H11NO2.Na/c1-6-2-4-7(5-3-6)8(10)9(11)12;/h2-5,8H,10H2,1H3,(H,11,12);/q;+1/p-1. The monoisotopic (exact) mass is 187 g/mol. The van der Waals surface area contributed by atoms with Crippen molar-refractivity contribution in [3.05, 3.63) is 35.4 Å². The van der Waals surface area contributed by atoms with Gasteiger partial charge in [0.1, 0.15) is 0 Å². The first-order chi connectivity index (χ1) is 5.61. The molecule has 0 amide bonds. The molecule has 4 heteroatoms. The first-order valence-corrected chi connectivity index (χ1v) is 3.64. The van der Waals surface area contributed by atoms with Crippen LogP contribution in [0, 0.1) is 6.92 Å². The number of rotatable bonds is 2. The second-order valence-corrected chi connectivity index (χ2v) is 2.71. The van der Waals surface area contributed by atoms with Crippen LogP contribution in [-0.4, -0.2) is 5.97 Å². The topological polar surface area (TPSA) is 66.2 Å². The number of carboxylic acid groups (broad SMARTS) is 1. The summed E-state index contributed by atoms with van der Waals surface area (Å²) in [5, 5.41) is 10.3. The smallest absolute Gasteiger partial charge is 0.548 e. The van der Waals surface area contributed by atoms with Crippen molar-refractivity contribution < 1.29 is 39.5 Å². The van der Waals surface area contributed by atoms with Crippen molar-refractivity contribution in [2.24, 2.45) is 5.73 Å². The van der Waals surface area contributed by atoms with Crippen LogP contribution >= 0.6 is 0 Å². The summed E-state index contributed by atoms with van der Waals surface area (Å²) in [6, 6.07) is 5.99. The third kappa shape index (κ3) is 3.48. The fourth-order valence-electron chi connectivity index (χ4n) is 0.910. The molecule has 0 aliphatic carbocycles. The first kappa shape index (κ1) is 12.7. The van der Waals surface area contributed by atoms with Crippen LogP contribution in [-0.2, 0) is 4.79 Å². The quantitative estimate of drug-likeness (QED) is 0.494. The van der Waals surface area contributed by atoms with Crippen molar-refractivity contribution in [1.29, 1.82) is 0 Å². The second-order valence-electron chi connectivity index (χ2n) is 2.71. The van der Waals surface area contributed by atoms with Gasteiger partial charge in [-0.3, -0.25) is 0 Å². The summed E-state index contributed by atoms with van der Waals surface area (Å²) in [5.41, 5.74) is 6.97. The minimum Gasteiger partial charge on any atom is -0.548 e. The van der Waals surface area contributed by atoms with Crippen LogP contribution in [0.2, 0.25) is 0 Å². The molecule has 1 atom stereocenters. The van der Waals surface area contributed by atoms with Crippen molar-refractivity contribution in [2.45, 2.75) is 13.0 Å². The molecule has 3 nitrogen and oxygen atoms in total. The van der Waals surface area contributed by atoms with Crippen molar-refractivity contribution in [3.8, 4) is 0 Å². The van der Waals surface area contributed by atoms with Crippen LogP contribution in [0.3, 0.4) is 0 Å². The molecule has 1 aromatic rings. The van der Waals surface area contributed by atoms with E-state index in [2.05, 4.69) is 0 Å². The van der Waals surface area contributed by atoms with Gasteiger partial charge < -0.3 is 15.6 Å². The number of nitrogens with two attached hydrogens (primary N) is 1. The molecular weight excluding hydrogens is 177 g/mol. The molecule has 64 valence electrons. The summed E-state index contributed by atoms with van der Waals surface area (Å²) in [7, 11) is 0. The number of benzene rings is 1. The SMILES string of the molecule is Cc1ccc(C(N)C(=O)[O-])cc1.[Na+]. The number of aryl methyl sites for hydroxylation is 1. The molecule has 2 N–H and O–H groups in total. The maximum absolute atomic E-state index is 10.3. The van der Waals surface area contributed by atoms with Gasteiger partial charge in [-0.1, -0.05) is 29.8 Å². The minimum atomic E-state index is -1.25. The molecule has 0 saturated heterocycles. The van der Waals surface area contributed by atoms with E-state index in [0.29, 0.717) is 5.56 Å². The van der Waals surface area contributed by atoms with E-state index in [0.717, 1.165) is 5.56 Å². The van der Waals surface area contributed by atoms with Gasteiger partial charge in [-0.2, -0.15) is 0 Å². The van der Waals surface area contributed by atoms with Gasteiger partial charge >= 0.3 is 29.6 Å². The summed E-state index contributed by atoms with van der Waals surface area (Å²) in [5.74, 6) is -1.25. The van der Waals surface area contributed by atoms with Gasteiger partial charge in [-0.05, 0) is 12.5 Å². The van der Waals surface area contributed by atoms with Crippen molar-refractivity contribution in [3.63, 3.8) is 0 Å². The zero-order valence-corrected chi connectivity index (χ0v) is 9.78. The Kier molecular flexibility index (Phi) is 5.25. The summed E-state index contributed by atoms with van der Waals surface area (Å²) < 4.78 is 0. The largest absolute Gasteiger partial charge is 1.00 e. The second kappa shape index (κ2) is 5.40. The van der Waals surface area contributed by atoms with Crippen molar-refractivity contribution in [1.82, 2.24) is 0 Å². The zero-order chi connectivity index (χ0) is 9.14. The number of carbonyl (C=O) groups is 1. The Bertz CT molecular complexity index is 284. The molecule has 1 unspecified atom stereocenters. The van der Waals surface area contributed by atoms with Gasteiger partial charge in [-0.15, -0.1) is 0 Å². The number of hydrogen-bond donors (Lipinski definition) is 1. The van der Waals surface area contributed by atoms with Crippen molar-refractivity contribution >= 4 is 5.97 Å². The maximum atomic E-state index is 10.3. The van der Waals surface area contributed by atoms with Crippen LogP contribution in [0.1, 0.15) is 17.2 Å². The summed E-state index contributed by atoms with van der Waals surface area (Å²) in [6.45, 7) is 1.92. The van der Waals surface area contributed by atoms with Crippen LogP contribution < -0.4 is 40.4 Å². The molecule has 0 saturated carbocycles. The summed E-state index contributed by atoms with van der Waals surface area (Å²) in [4.78, 5) is 10.3. The summed E-state index contributed by atoms with van der Waals surface area (Å²) in [6.07, 6.45) is 0. The Hall–Kier alpha value is -0.350. The predicted octanol–water partition coefficient (Wildman–Crippen LogP) is -3.25. The molecule has 0 aliphatic heterocycles. The zero-order valence-electron chi connectivity index (χ0n) is 7.78. The fraction of sp³-hybridized carbons (Fsp3) is 0.222.